The molecule has 6 nitrogen and oxygen atoms in total. The Morgan fingerprint density at radius 1 is 1.60 bits per heavy atom. The molecular formula is C13H21BrN4O2. The first-order valence-electron chi connectivity index (χ1n) is 6.84. The van der Waals surface area contributed by atoms with Crippen molar-refractivity contribution in [2.24, 2.45) is 0 Å². The van der Waals surface area contributed by atoms with E-state index in [1.165, 1.54) is 4.68 Å². The molecule has 0 aliphatic carbocycles. The molecule has 0 bridgehead atoms. The molecule has 2 heterocycles. The van der Waals surface area contributed by atoms with Crippen LogP contribution in [0.2, 0.25) is 0 Å². The van der Waals surface area contributed by atoms with Gasteiger partial charge in [0.2, 0.25) is 0 Å². The van der Waals surface area contributed by atoms with Crippen LogP contribution in [0.5, 0.6) is 0 Å². The summed E-state index contributed by atoms with van der Waals surface area (Å²) in [6.07, 6.45) is 4.06. The van der Waals surface area contributed by atoms with Gasteiger partial charge in [-0.1, -0.05) is 0 Å². The fourth-order valence-electron chi connectivity index (χ4n) is 2.59. The van der Waals surface area contributed by atoms with Gasteiger partial charge in [-0.2, -0.15) is 5.10 Å². The van der Waals surface area contributed by atoms with Crippen molar-refractivity contribution in [3.8, 4) is 0 Å². The van der Waals surface area contributed by atoms with E-state index < -0.39 is 0 Å². The van der Waals surface area contributed by atoms with Crippen molar-refractivity contribution >= 4 is 21.6 Å². The van der Waals surface area contributed by atoms with Gasteiger partial charge in [-0.3, -0.25) is 4.79 Å². The van der Waals surface area contributed by atoms with Gasteiger partial charge >= 0.3 is 0 Å². The van der Waals surface area contributed by atoms with Gasteiger partial charge in [0.05, 0.1) is 25.0 Å². The van der Waals surface area contributed by atoms with Crippen LogP contribution in [0.15, 0.2) is 15.5 Å². The standard InChI is InChI=1S/C13H21BrN4O2/c1-15-8-10-4-3-5-17(10)11-9-16-18(6-7-20-2)13(19)12(11)14/h9-10,15H,3-8H2,1-2H3. The Morgan fingerprint density at radius 2 is 2.40 bits per heavy atom. The van der Waals surface area contributed by atoms with Crippen molar-refractivity contribution in [2.75, 3.05) is 38.8 Å². The first kappa shape index (κ1) is 15.5. The fourth-order valence-corrected chi connectivity index (χ4v) is 3.13. The van der Waals surface area contributed by atoms with Gasteiger partial charge in [-0.25, -0.2) is 4.68 Å². The molecule has 1 N–H and O–H groups in total. The molecule has 1 atom stereocenters. The molecule has 20 heavy (non-hydrogen) atoms. The zero-order valence-corrected chi connectivity index (χ0v) is 13.5. The zero-order chi connectivity index (χ0) is 14.5. The largest absolute Gasteiger partial charge is 0.383 e. The number of methoxy groups -OCH3 is 1. The lowest BCUT2D eigenvalue weighted by Crippen LogP contribution is -2.38. The van der Waals surface area contributed by atoms with Crippen molar-refractivity contribution in [2.45, 2.75) is 25.4 Å². The average molecular weight is 345 g/mol. The predicted octanol–water partition coefficient (Wildman–Crippen LogP) is 0.840. The second-order valence-electron chi connectivity index (χ2n) is 4.91. The summed E-state index contributed by atoms with van der Waals surface area (Å²) in [6.45, 7) is 2.83. The second-order valence-corrected chi connectivity index (χ2v) is 5.71. The van der Waals surface area contributed by atoms with Crippen molar-refractivity contribution in [3.05, 3.63) is 21.0 Å². The first-order chi connectivity index (χ1) is 9.69. The summed E-state index contributed by atoms with van der Waals surface area (Å²) in [5, 5.41) is 7.45. The van der Waals surface area contributed by atoms with Gasteiger partial charge in [-0.05, 0) is 35.8 Å². The summed E-state index contributed by atoms with van der Waals surface area (Å²) in [7, 11) is 3.56. The molecule has 1 aliphatic rings. The number of nitrogens with one attached hydrogen (secondary N) is 1. The van der Waals surface area contributed by atoms with E-state index in [0.717, 1.165) is 31.6 Å². The maximum atomic E-state index is 12.3. The van der Waals surface area contributed by atoms with Crippen molar-refractivity contribution in [1.82, 2.24) is 15.1 Å². The maximum absolute atomic E-state index is 12.3. The summed E-state index contributed by atoms with van der Waals surface area (Å²) in [4.78, 5) is 14.5. The third-order valence-corrected chi connectivity index (χ3v) is 4.35. The number of hydrogen-bond acceptors (Lipinski definition) is 5. The Labute approximate surface area is 127 Å². The van der Waals surface area contributed by atoms with Gasteiger partial charge in [0.15, 0.2) is 0 Å². The lowest BCUT2D eigenvalue weighted by atomic mass is 10.2. The van der Waals surface area contributed by atoms with E-state index in [9.17, 15) is 4.79 Å². The Bertz CT molecular complexity index is 506. The molecule has 0 saturated carbocycles. The van der Waals surface area contributed by atoms with Gasteiger partial charge in [-0.15, -0.1) is 0 Å². The molecule has 1 fully saturated rings. The van der Waals surface area contributed by atoms with Gasteiger partial charge in [0.25, 0.3) is 5.56 Å². The molecule has 112 valence electrons. The number of nitrogens with zero attached hydrogens (tertiary/aromatic N) is 3. The zero-order valence-electron chi connectivity index (χ0n) is 11.9. The number of anilines is 1. The summed E-state index contributed by atoms with van der Waals surface area (Å²) >= 11 is 3.44. The molecule has 1 aliphatic heterocycles. The Balaban J connectivity index is 2.24. The Morgan fingerprint density at radius 3 is 3.10 bits per heavy atom. The van der Waals surface area contributed by atoms with Crippen LogP contribution in [0.3, 0.4) is 0 Å². The third kappa shape index (κ3) is 3.21. The molecule has 2 rings (SSSR count). The summed E-state index contributed by atoms with van der Waals surface area (Å²) in [6, 6.07) is 0.423. The molecule has 0 amide bonds. The maximum Gasteiger partial charge on any atom is 0.283 e. The normalized spacial score (nSPS) is 18.8. The minimum atomic E-state index is -0.102. The van der Waals surface area contributed by atoms with Gasteiger partial charge in [0, 0.05) is 26.2 Å². The SMILES string of the molecule is CNCC1CCCN1c1cnn(CCOC)c(=O)c1Br. The van der Waals surface area contributed by atoms with E-state index in [2.05, 4.69) is 31.2 Å². The van der Waals surface area contributed by atoms with E-state index >= 15 is 0 Å². The predicted molar refractivity (Wildman–Crippen MR) is 82.4 cm³/mol. The second kappa shape index (κ2) is 7.19. The molecule has 0 radical (unpaired) electrons. The van der Waals surface area contributed by atoms with E-state index in [1.807, 2.05) is 7.05 Å². The topological polar surface area (TPSA) is 59.4 Å². The lowest BCUT2D eigenvalue weighted by molar-refractivity contribution is 0.181. The van der Waals surface area contributed by atoms with E-state index in [4.69, 9.17) is 4.74 Å². The van der Waals surface area contributed by atoms with Crippen LogP contribution in [-0.4, -0.2) is 49.7 Å². The quantitative estimate of drug-likeness (QED) is 0.828. The smallest absolute Gasteiger partial charge is 0.283 e. The number of rotatable bonds is 6. The van der Waals surface area contributed by atoms with Gasteiger partial charge < -0.3 is 15.0 Å². The lowest BCUT2D eigenvalue weighted by Gasteiger charge is -2.27. The summed E-state index contributed by atoms with van der Waals surface area (Å²) in [5.41, 5.74) is 0.788. The monoisotopic (exact) mass is 344 g/mol. The Hall–Kier alpha value is -0.920. The van der Waals surface area contributed by atoms with Crippen LogP contribution in [0.25, 0.3) is 0 Å². The highest BCUT2D eigenvalue weighted by Gasteiger charge is 2.26. The van der Waals surface area contributed by atoms with Crippen LogP contribution >= 0.6 is 15.9 Å². The molecule has 0 aromatic carbocycles. The van der Waals surface area contributed by atoms with Crippen LogP contribution in [0.1, 0.15) is 12.8 Å². The number of hydrogen-bond donors (Lipinski definition) is 1. The minimum Gasteiger partial charge on any atom is -0.383 e. The minimum absolute atomic E-state index is 0.102. The van der Waals surface area contributed by atoms with Crippen molar-refractivity contribution in [1.29, 1.82) is 0 Å². The highest BCUT2D eigenvalue weighted by molar-refractivity contribution is 9.10. The molecule has 7 heteroatoms. The molecule has 1 unspecified atom stereocenters. The summed E-state index contributed by atoms with van der Waals surface area (Å²) in [5.74, 6) is 0. The van der Waals surface area contributed by atoms with Crippen LogP contribution in [-0.2, 0) is 11.3 Å². The highest BCUT2D eigenvalue weighted by atomic mass is 79.9. The Kier molecular flexibility index (Phi) is 5.56. The molecular weight excluding hydrogens is 324 g/mol. The van der Waals surface area contributed by atoms with Crippen LogP contribution < -0.4 is 15.8 Å². The first-order valence-corrected chi connectivity index (χ1v) is 7.64. The molecule has 1 saturated heterocycles. The van der Waals surface area contributed by atoms with Crippen LogP contribution in [0, 0.1) is 0 Å². The number of ether oxygens (including phenoxy) is 1. The van der Waals surface area contributed by atoms with E-state index in [0.29, 0.717) is 23.7 Å². The number of likely N-dealkylation sites (N-methyl/N-ethyl adjacent to an activating group) is 1. The number of aromatic nitrogens is 2. The van der Waals surface area contributed by atoms with Crippen molar-refractivity contribution in [3.63, 3.8) is 0 Å². The van der Waals surface area contributed by atoms with E-state index in [-0.39, 0.29) is 5.56 Å². The third-order valence-electron chi connectivity index (χ3n) is 3.60. The highest BCUT2D eigenvalue weighted by Crippen LogP contribution is 2.29. The summed E-state index contributed by atoms with van der Waals surface area (Å²) < 4.78 is 7.01. The fraction of sp³-hybridized carbons (Fsp3) is 0.692. The average Bonchev–Trinajstić information content (AvgIpc) is 2.89. The van der Waals surface area contributed by atoms with E-state index in [1.54, 1.807) is 13.3 Å². The molecule has 0 spiro atoms. The van der Waals surface area contributed by atoms with Crippen molar-refractivity contribution < 1.29 is 4.74 Å². The number of halogens is 1. The molecule has 1 aromatic heterocycles. The van der Waals surface area contributed by atoms with Gasteiger partial charge in [0.1, 0.15) is 4.47 Å². The van der Waals surface area contributed by atoms with Crippen LogP contribution in [0.4, 0.5) is 5.69 Å². The molecule has 1 aromatic rings.